The maximum atomic E-state index is 13.1. The van der Waals surface area contributed by atoms with Crippen molar-refractivity contribution >= 4 is 57.1 Å². The summed E-state index contributed by atoms with van der Waals surface area (Å²) in [6.45, 7) is 3.84. The van der Waals surface area contributed by atoms with Crippen LogP contribution in [0, 0.1) is 6.92 Å². The number of hydrogen-bond donors (Lipinski definition) is 1. The molecule has 0 radical (unpaired) electrons. The van der Waals surface area contributed by atoms with Crippen molar-refractivity contribution in [1.29, 1.82) is 0 Å². The lowest BCUT2D eigenvalue weighted by Gasteiger charge is -2.23. The molecule has 0 spiro atoms. The molecule has 0 saturated carbocycles. The zero-order chi connectivity index (χ0) is 22.3. The number of hydrogen-bond acceptors (Lipinski definition) is 6. The molecule has 1 aliphatic rings. The third-order valence-electron chi connectivity index (χ3n) is 4.99. The number of aryl methyl sites for hydroxylation is 2. The summed E-state index contributed by atoms with van der Waals surface area (Å²) in [7, 11) is 0. The highest BCUT2D eigenvalue weighted by molar-refractivity contribution is 7.15. The molecule has 1 atom stereocenters. The minimum atomic E-state index is -0.922. The van der Waals surface area contributed by atoms with Crippen molar-refractivity contribution < 1.29 is 14.7 Å². The van der Waals surface area contributed by atoms with E-state index in [1.165, 1.54) is 16.2 Å². The summed E-state index contributed by atoms with van der Waals surface area (Å²) in [6, 6.07) is 10.9. The zero-order valence-electron chi connectivity index (χ0n) is 16.6. The number of aromatic nitrogens is 2. The molecule has 1 aromatic heterocycles. The Morgan fingerprint density at radius 1 is 1.10 bits per heavy atom. The first kappa shape index (κ1) is 21.5. The molecule has 6 nitrogen and oxygen atoms in total. The molecular weight excluding hydrogens is 457 g/mol. The van der Waals surface area contributed by atoms with E-state index < -0.39 is 17.7 Å². The van der Waals surface area contributed by atoms with E-state index in [1.54, 1.807) is 30.3 Å². The Labute approximate surface area is 192 Å². The van der Waals surface area contributed by atoms with Gasteiger partial charge in [0.1, 0.15) is 10.8 Å². The van der Waals surface area contributed by atoms with Crippen molar-refractivity contribution in [3.8, 4) is 0 Å². The summed E-state index contributed by atoms with van der Waals surface area (Å²) in [4.78, 5) is 27.4. The SMILES string of the molecule is CCc1nnc(N2C(=O)C(=O)/C(=C(/O)c3ccc(C)cc3)C2c2ccc(Cl)c(Cl)c2)s1. The van der Waals surface area contributed by atoms with Crippen LogP contribution in [-0.2, 0) is 16.0 Å². The summed E-state index contributed by atoms with van der Waals surface area (Å²) in [5, 5.41) is 20.8. The van der Waals surface area contributed by atoms with Crippen molar-refractivity contribution in [2.45, 2.75) is 26.3 Å². The summed E-state index contributed by atoms with van der Waals surface area (Å²) in [6.07, 6.45) is 0.641. The number of ketones is 1. The number of benzene rings is 2. The van der Waals surface area contributed by atoms with E-state index in [-0.39, 0.29) is 21.5 Å². The fraction of sp³-hybridized carbons (Fsp3) is 0.182. The largest absolute Gasteiger partial charge is 0.507 e. The molecule has 2 aromatic carbocycles. The number of amides is 1. The van der Waals surface area contributed by atoms with E-state index in [2.05, 4.69) is 10.2 Å². The molecule has 1 aliphatic heterocycles. The van der Waals surface area contributed by atoms with Crippen LogP contribution in [0.2, 0.25) is 10.0 Å². The maximum absolute atomic E-state index is 13.1. The van der Waals surface area contributed by atoms with Crippen LogP contribution in [0.5, 0.6) is 0 Å². The third-order valence-corrected chi connectivity index (χ3v) is 6.80. The normalized spacial score (nSPS) is 18.1. The number of nitrogens with zero attached hydrogens (tertiary/aromatic N) is 3. The Morgan fingerprint density at radius 2 is 1.81 bits per heavy atom. The molecular formula is C22H17Cl2N3O3S. The molecule has 9 heteroatoms. The molecule has 1 saturated heterocycles. The standard InChI is InChI=1S/C22H17Cl2N3O3S/c1-3-16-25-26-22(31-16)27-18(13-8-9-14(23)15(24)10-13)17(20(29)21(27)30)19(28)12-6-4-11(2)5-7-12/h4-10,18,28H,3H2,1-2H3/b19-17+. The van der Waals surface area contributed by atoms with Crippen LogP contribution in [-0.4, -0.2) is 27.0 Å². The molecule has 4 rings (SSSR count). The zero-order valence-corrected chi connectivity index (χ0v) is 18.9. The third kappa shape index (κ3) is 3.84. The van der Waals surface area contributed by atoms with E-state index in [0.717, 1.165) is 10.6 Å². The summed E-state index contributed by atoms with van der Waals surface area (Å²) in [5.41, 5.74) is 1.91. The van der Waals surface area contributed by atoms with Gasteiger partial charge in [-0.2, -0.15) is 0 Å². The van der Waals surface area contributed by atoms with Gasteiger partial charge in [0.25, 0.3) is 5.78 Å². The van der Waals surface area contributed by atoms with Gasteiger partial charge in [0.2, 0.25) is 5.13 Å². The van der Waals surface area contributed by atoms with Gasteiger partial charge in [-0.1, -0.05) is 77.4 Å². The van der Waals surface area contributed by atoms with Gasteiger partial charge in [0.15, 0.2) is 0 Å². The highest BCUT2D eigenvalue weighted by Gasteiger charge is 2.48. The number of aliphatic hydroxyl groups excluding tert-OH is 1. The fourth-order valence-corrected chi connectivity index (χ4v) is 4.49. The van der Waals surface area contributed by atoms with Crippen LogP contribution in [0.15, 0.2) is 48.0 Å². The van der Waals surface area contributed by atoms with E-state index in [4.69, 9.17) is 23.2 Å². The molecule has 3 aromatic rings. The lowest BCUT2D eigenvalue weighted by atomic mass is 9.95. The van der Waals surface area contributed by atoms with Gasteiger partial charge in [0, 0.05) is 5.56 Å². The predicted molar refractivity (Wildman–Crippen MR) is 122 cm³/mol. The smallest absolute Gasteiger partial charge is 0.301 e. The average Bonchev–Trinajstić information content (AvgIpc) is 3.33. The van der Waals surface area contributed by atoms with E-state index in [1.807, 2.05) is 26.0 Å². The minimum Gasteiger partial charge on any atom is -0.507 e. The molecule has 2 heterocycles. The molecule has 1 amide bonds. The lowest BCUT2D eigenvalue weighted by Crippen LogP contribution is -2.29. The number of anilines is 1. The van der Waals surface area contributed by atoms with Gasteiger partial charge in [-0.3, -0.25) is 14.5 Å². The molecule has 158 valence electrons. The monoisotopic (exact) mass is 473 g/mol. The first-order valence-electron chi connectivity index (χ1n) is 9.47. The number of Topliss-reactive ketones (excluding diaryl/α,β-unsaturated/α-hetero) is 1. The Bertz CT molecular complexity index is 1220. The van der Waals surface area contributed by atoms with Crippen LogP contribution in [0.25, 0.3) is 5.76 Å². The van der Waals surface area contributed by atoms with Crippen molar-refractivity contribution in [1.82, 2.24) is 10.2 Å². The molecule has 1 N–H and O–H groups in total. The predicted octanol–water partition coefficient (Wildman–Crippen LogP) is 5.34. The number of carbonyl (C=O) groups excluding carboxylic acids is 2. The van der Waals surface area contributed by atoms with Gasteiger partial charge in [0.05, 0.1) is 21.7 Å². The van der Waals surface area contributed by atoms with Crippen LogP contribution in [0.4, 0.5) is 5.13 Å². The summed E-state index contributed by atoms with van der Waals surface area (Å²) in [5.74, 6) is -1.86. The topological polar surface area (TPSA) is 83.4 Å². The Hall–Kier alpha value is -2.74. The van der Waals surface area contributed by atoms with Crippen LogP contribution in [0.1, 0.15) is 34.7 Å². The fourth-order valence-electron chi connectivity index (χ4n) is 3.38. The Balaban J connectivity index is 1.94. The summed E-state index contributed by atoms with van der Waals surface area (Å²) < 4.78 is 0. The van der Waals surface area contributed by atoms with Crippen LogP contribution >= 0.6 is 34.5 Å². The summed E-state index contributed by atoms with van der Waals surface area (Å²) >= 11 is 13.5. The van der Waals surface area contributed by atoms with Gasteiger partial charge < -0.3 is 5.11 Å². The molecule has 0 aliphatic carbocycles. The average molecular weight is 474 g/mol. The molecule has 1 unspecified atom stereocenters. The first-order valence-corrected chi connectivity index (χ1v) is 11.0. The molecule has 1 fully saturated rings. The molecule has 0 bridgehead atoms. The van der Waals surface area contributed by atoms with Crippen molar-refractivity contribution in [2.24, 2.45) is 0 Å². The Morgan fingerprint density at radius 3 is 2.42 bits per heavy atom. The highest BCUT2D eigenvalue weighted by atomic mass is 35.5. The van der Waals surface area contributed by atoms with E-state index in [9.17, 15) is 14.7 Å². The van der Waals surface area contributed by atoms with Crippen LogP contribution in [0.3, 0.4) is 0 Å². The van der Waals surface area contributed by atoms with Crippen molar-refractivity contribution in [3.05, 3.63) is 79.8 Å². The lowest BCUT2D eigenvalue weighted by molar-refractivity contribution is -0.132. The van der Waals surface area contributed by atoms with E-state index in [0.29, 0.717) is 22.6 Å². The van der Waals surface area contributed by atoms with Gasteiger partial charge in [-0.05, 0) is 31.0 Å². The number of aliphatic hydroxyl groups is 1. The first-order chi connectivity index (χ1) is 14.8. The van der Waals surface area contributed by atoms with Crippen molar-refractivity contribution in [2.75, 3.05) is 4.90 Å². The second-order valence-corrected chi connectivity index (χ2v) is 8.90. The van der Waals surface area contributed by atoms with E-state index >= 15 is 0 Å². The molecule has 31 heavy (non-hydrogen) atoms. The van der Waals surface area contributed by atoms with Gasteiger partial charge in [-0.25, -0.2) is 0 Å². The quantitative estimate of drug-likeness (QED) is 0.314. The Kier molecular flexibility index (Phi) is 5.83. The number of rotatable bonds is 4. The van der Waals surface area contributed by atoms with Gasteiger partial charge in [-0.15, -0.1) is 10.2 Å². The second kappa shape index (κ2) is 8.42. The number of carbonyl (C=O) groups is 2. The van der Waals surface area contributed by atoms with Crippen molar-refractivity contribution in [3.63, 3.8) is 0 Å². The maximum Gasteiger partial charge on any atom is 0.301 e. The number of halogens is 2. The van der Waals surface area contributed by atoms with Gasteiger partial charge >= 0.3 is 5.91 Å². The second-order valence-electron chi connectivity index (χ2n) is 7.04. The van der Waals surface area contributed by atoms with Crippen LogP contribution < -0.4 is 4.90 Å². The minimum absolute atomic E-state index is 0.0412. The highest BCUT2D eigenvalue weighted by Crippen LogP contribution is 2.44.